The first-order chi connectivity index (χ1) is 15.5. The van der Waals surface area contributed by atoms with E-state index >= 15 is 0 Å². The summed E-state index contributed by atoms with van der Waals surface area (Å²) in [6.45, 7) is 3.21. The summed E-state index contributed by atoms with van der Waals surface area (Å²) in [5.41, 5.74) is 1.17. The topological polar surface area (TPSA) is 74.9 Å². The molecule has 4 rings (SSSR count). The van der Waals surface area contributed by atoms with Gasteiger partial charge >= 0.3 is 197 Å². The van der Waals surface area contributed by atoms with E-state index in [2.05, 4.69) is 0 Å². The van der Waals surface area contributed by atoms with Crippen LogP contribution in [0.1, 0.15) is 25.7 Å². The van der Waals surface area contributed by atoms with Crippen molar-refractivity contribution in [2.45, 2.75) is 29.6 Å². The summed E-state index contributed by atoms with van der Waals surface area (Å²) in [5, 5.41) is 0. The van der Waals surface area contributed by atoms with E-state index in [-0.39, 0.29) is 29.9 Å². The third-order valence-electron chi connectivity index (χ3n) is 6.17. The molecule has 1 aromatic heterocycles. The predicted molar refractivity (Wildman–Crippen MR) is 113 cm³/mol. The minimum atomic E-state index is -0.656. The molecular weight excluding hydrogens is 532 g/mol. The van der Waals surface area contributed by atoms with Gasteiger partial charge in [-0.05, 0) is 0 Å². The fourth-order valence-electron chi connectivity index (χ4n) is 4.31. The van der Waals surface area contributed by atoms with Gasteiger partial charge in [-0.1, -0.05) is 0 Å². The van der Waals surface area contributed by atoms with Gasteiger partial charge in [0.1, 0.15) is 0 Å². The zero-order valence-corrected chi connectivity index (χ0v) is 20.7. The van der Waals surface area contributed by atoms with Gasteiger partial charge in [-0.15, -0.1) is 0 Å². The Morgan fingerprint density at radius 3 is 2.56 bits per heavy atom. The molecule has 32 heavy (non-hydrogen) atoms. The Hall–Kier alpha value is -1.66. The van der Waals surface area contributed by atoms with Gasteiger partial charge in [0.15, 0.2) is 0 Å². The maximum absolute atomic E-state index is 14.5. The monoisotopic (exact) mass is 562 g/mol. The average molecular weight is 562 g/mol. The molecule has 178 valence electrons. The van der Waals surface area contributed by atoms with Crippen LogP contribution in [0.4, 0.5) is 4.39 Å². The molecule has 1 amide bonds. The molecular formula is C22H30FIN3O5-. The van der Waals surface area contributed by atoms with E-state index in [1.54, 1.807) is 20.2 Å². The molecule has 2 heterocycles. The van der Waals surface area contributed by atoms with E-state index in [4.69, 9.17) is 14.2 Å². The first kappa shape index (κ1) is 23.5. The van der Waals surface area contributed by atoms with Crippen molar-refractivity contribution in [2.75, 3.05) is 46.6 Å². The molecule has 0 N–H and O–H groups in total. The number of nitrogens with zero attached hydrogens (tertiary/aromatic N) is 3. The Bertz CT molecular complexity index is 1010. The van der Waals surface area contributed by atoms with Crippen LogP contribution in [0.5, 0.6) is 5.75 Å². The summed E-state index contributed by atoms with van der Waals surface area (Å²) in [7, 11) is 3.24. The summed E-state index contributed by atoms with van der Waals surface area (Å²) < 4.78 is 34.0. The van der Waals surface area contributed by atoms with Crippen LogP contribution < -0.4 is 31.9 Å². The molecule has 0 bridgehead atoms. The Labute approximate surface area is 197 Å². The molecule has 1 saturated heterocycles. The van der Waals surface area contributed by atoms with Crippen molar-refractivity contribution in [3.8, 4) is 5.75 Å². The fourth-order valence-corrected chi connectivity index (χ4v) is 7.63. The molecule has 1 aromatic carbocycles. The van der Waals surface area contributed by atoms with E-state index in [0.29, 0.717) is 47.9 Å². The standard InChI is InChI=1S/C22H30FIN3O5/c1-25-18-13-17(23)20(32-12-11-30-2)14-19(18)27(22(25)29)24-16-5-3-15(4-6-16)21(28)26-7-9-31-10-8-26/h13-16H,3-12H2,1-2H3/q-1. The molecule has 1 saturated carbocycles. The molecule has 2 aromatic rings. The van der Waals surface area contributed by atoms with Gasteiger partial charge in [-0.2, -0.15) is 0 Å². The van der Waals surface area contributed by atoms with Crippen LogP contribution in [0.3, 0.4) is 0 Å². The quantitative estimate of drug-likeness (QED) is 0.240. The molecule has 10 heteroatoms. The molecule has 0 radical (unpaired) electrons. The van der Waals surface area contributed by atoms with Gasteiger partial charge in [-0.3, -0.25) is 0 Å². The number of benzene rings is 1. The van der Waals surface area contributed by atoms with Gasteiger partial charge in [0.25, 0.3) is 0 Å². The van der Waals surface area contributed by atoms with E-state index < -0.39 is 27.3 Å². The van der Waals surface area contributed by atoms with Crippen LogP contribution >= 0.6 is 0 Å². The number of hydrogen-bond acceptors (Lipinski definition) is 5. The van der Waals surface area contributed by atoms with Gasteiger partial charge in [-0.25, -0.2) is 0 Å². The molecule has 0 spiro atoms. The van der Waals surface area contributed by atoms with Crippen molar-refractivity contribution in [1.82, 2.24) is 12.2 Å². The average Bonchev–Trinajstić information content (AvgIpc) is 3.04. The summed E-state index contributed by atoms with van der Waals surface area (Å²) >= 11 is -0.656. The molecule has 2 aliphatic rings. The number of carbonyl (C=O) groups is 1. The number of hydrogen-bond donors (Lipinski definition) is 0. The Morgan fingerprint density at radius 1 is 1.16 bits per heavy atom. The van der Waals surface area contributed by atoms with Crippen molar-refractivity contribution in [3.63, 3.8) is 0 Å². The number of imidazole rings is 1. The number of carbonyl (C=O) groups excluding carboxylic acids is 1. The number of halogens is 2. The van der Waals surface area contributed by atoms with Crippen LogP contribution in [-0.2, 0) is 21.3 Å². The Balaban J connectivity index is 1.46. The van der Waals surface area contributed by atoms with E-state index in [1.165, 1.54) is 10.6 Å². The molecule has 1 aliphatic carbocycles. The fraction of sp³-hybridized carbons (Fsp3) is 0.636. The molecule has 1 aliphatic heterocycles. The summed E-state index contributed by atoms with van der Waals surface area (Å²) in [4.78, 5) is 27.6. The Kier molecular flexibility index (Phi) is 7.72. The second kappa shape index (κ2) is 10.5. The summed E-state index contributed by atoms with van der Waals surface area (Å²) in [5.74, 6) is -0.0208. The zero-order valence-electron chi connectivity index (χ0n) is 18.5. The minimum absolute atomic E-state index is 0.0764. The summed E-state index contributed by atoms with van der Waals surface area (Å²) in [6.07, 6.45) is 3.60. The molecule has 0 atom stereocenters. The van der Waals surface area contributed by atoms with Gasteiger partial charge in [0.05, 0.1) is 0 Å². The van der Waals surface area contributed by atoms with E-state index in [1.807, 2.05) is 7.68 Å². The Morgan fingerprint density at radius 2 is 1.88 bits per heavy atom. The predicted octanol–water partition coefficient (Wildman–Crippen LogP) is -1.23. The van der Waals surface area contributed by atoms with Crippen LogP contribution in [0.2, 0.25) is 0 Å². The first-order valence-corrected chi connectivity index (χ1v) is 13.2. The number of aryl methyl sites for hydroxylation is 1. The number of rotatable bonds is 7. The van der Waals surface area contributed by atoms with Crippen LogP contribution in [-0.4, -0.2) is 68.7 Å². The maximum atomic E-state index is 14.5. The number of morpholine rings is 1. The number of aromatic nitrogens is 2. The number of amides is 1. The van der Waals surface area contributed by atoms with E-state index in [0.717, 1.165) is 25.7 Å². The van der Waals surface area contributed by atoms with Crippen molar-refractivity contribution in [3.05, 3.63) is 28.4 Å². The molecule has 2 fully saturated rings. The van der Waals surface area contributed by atoms with Gasteiger partial charge < -0.3 is 0 Å². The third kappa shape index (κ3) is 4.96. The normalized spacial score (nSPS) is 21.9. The second-order valence-corrected chi connectivity index (χ2v) is 11.5. The number of ether oxygens (including phenoxy) is 3. The van der Waals surface area contributed by atoms with Crippen molar-refractivity contribution >= 4 is 16.9 Å². The van der Waals surface area contributed by atoms with Crippen LogP contribution in [0, 0.1) is 11.7 Å². The van der Waals surface area contributed by atoms with Gasteiger partial charge in [0.2, 0.25) is 0 Å². The van der Waals surface area contributed by atoms with Crippen LogP contribution in [0.15, 0.2) is 16.9 Å². The van der Waals surface area contributed by atoms with Crippen LogP contribution in [0.25, 0.3) is 11.0 Å². The van der Waals surface area contributed by atoms with Gasteiger partial charge in [0, 0.05) is 0 Å². The van der Waals surface area contributed by atoms with Crippen molar-refractivity contribution < 1.29 is 44.9 Å². The zero-order chi connectivity index (χ0) is 22.7. The molecule has 8 nitrogen and oxygen atoms in total. The van der Waals surface area contributed by atoms with Crippen molar-refractivity contribution in [1.29, 1.82) is 0 Å². The summed E-state index contributed by atoms with van der Waals surface area (Å²) in [6, 6.07) is 3.01. The number of alkyl halides is 1. The number of fused-ring (bicyclic) bond motifs is 1. The SMILES string of the molecule is COCCOc1cc2c(cc1F)n(C)c(=O)n2[I-]C1CCC(C(=O)N2CCOCC2)CC1. The van der Waals surface area contributed by atoms with E-state index in [9.17, 15) is 14.0 Å². The third-order valence-corrected chi connectivity index (χ3v) is 9.69. The molecule has 0 unspecified atom stereocenters. The van der Waals surface area contributed by atoms with Crippen molar-refractivity contribution in [2.24, 2.45) is 13.0 Å². The first-order valence-electron chi connectivity index (χ1n) is 11.0. The second-order valence-electron chi connectivity index (χ2n) is 8.22. The number of methoxy groups -OCH3 is 1.